The molecule has 0 aromatic heterocycles. The Labute approximate surface area is 175 Å². The van der Waals surface area contributed by atoms with Crippen molar-refractivity contribution in [2.75, 3.05) is 11.9 Å². The lowest BCUT2D eigenvalue weighted by molar-refractivity contribution is -0.137. The molecule has 1 atom stereocenters. The van der Waals surface area contributed by atoms with Crippen molar-refractivity contribution in [2.24, 2.45) is 0 Å². The van der Waals surface area contributed by atoms with E-state index in [1.165, 1.54) is 6.07 Å². The molecule has 1 aliphatic heterocycles. The smallest absolute Gasteiger partial charge is 0.323 e. The molecule has 4 amide bonds. The summed E-state index contributed by atoms with van der Waals surface area (Å²) in [4.78, 5) is 38.5. The van der Waals surface area contributed by atoms with Crippen molar-refractivity contribution in [2.45, 2.75) is 25.1 Å². The van der Waals surface area contributed by atoms with Gasteiger partial charge < -0.3 is 10.6 Å². The number of carbonyl (C=O) groups excluding carboxylic acids is 3. The van der Waals surface area contributed by atoms with E-state index in [-0.39, 0.29) is 11.4 Å². The number of carbonyl (C=O) groups is 3. The van der Waals surface area contributed by atoms with Crippen LogP contribution in [0.3, 0.4) is 0 Å². The maximum atomic E-state index is 13.2. The number of halogens is 4. The molecule has 1 aliphatic rings. The second kappa shape index (κ2) is 7.98. The molecule has 1 fully saturated rings. The SMILES string of the molecule is CCC1(c2ccccc2)NC(=O)N(CC(=O)Nc2c(Cl)cccc2C(F)(F)F)C1=O. The molecular weight excluding hydrogens is 423 g/mol. The van der Waals surface area contributed by atoms with E-state index in [0.29, 0.717) is 10.5 Å². The highest BCUT2D eigenvalue weighted by Crippen LogP contribution is 2.38. The summed E-state index contributed by atoms with van der Waals surface area (Å²) < 4.78 is 39.6. The molecule has 0 saturated carbocycles. The van der Waals surface area contributed by atoms with Crippen molar-refractivity contribution in [3.63, 3.8) is 0 Å². The summed E-state index contributed by atoms with van der Waals surface area (Å²) in [7, 11) is 0. The molecule has 2 aromatic carbocycles. The summed E-state index contributed by atoms with van der Waals surface area (Å²) >= 11 is 5.83. The number of hydrogen-bond donors (Lipinski definition) is 2. The quantitative estimate of drug-likeness (QED) is 0.687. The van der Waals surface area contributed by atoms with Gasteiger partial charge in [-0.1, -0.05) is 54.9 Å². The van der Waals surface area contributed by atoms with Crippen LogP contribution in [0.2, 0.25) is 5.02 Å². The van der Waals surface area contributed by atoms with Crippen LogP contribution in [0.1, 0.15) is 24.5 Å². The van der Waals surface area contributed by atoms with Gasteiger partial charge in [-0.3, -0.25) is 14.5 Å². The lowest BCUT2D eigenvalue weighted by Crippen LogP contribution is -2.44. The molecule has 30 heavy (non-hydrogen) atoms. The Morgan fingerprint density at radius 3 is 2.40 bits per heavy atom. The minimum absolute atomic E-state index is 0.225. The van der Waals surface area contributed by atoms with E-state index in [2.05, 4.69) is 10.6 Å². The summed E-state index contributed by atoms with van der Waals surface area (Å²) in [6.07, 6.45) is -4.53. The first kappa shape index (κ1) is 21.6. The van der Waals surface area contributed by atoms with Crippen LogP contribution in [0, 0.1) is 0 Å². The number of rotatable bonds is 5. The van der Waals surface area contributed by atoms with Crippen LogP contribution < -0.4 is 10.6 Å². The number of benzene rings is 2. The van der Waals surface area contributed by atoms with Gasteiger partial charge in [-0.15, -0.1) is 0 Å². The molecule has 0 radical (unpaired) electrons. The zero-order valence-electron chi connectivity index (χ0n) is 15.7. The second-order valence-corrected chi connectivity index (χ2v) is 7.06. The molecular formula is C20H17ClF3N3O3. The van der Waals surface area contributed by atoms with Gasteiger partial charge in [-0.05, 0) is 24.1 Å². The van der Waals surface area contributed by atoms with Gasteiger partial charge in [0, 0.05) is 0 Å². The molecule has 10 heteroatoms. The van der Waals surface area contributed by atoms with Crippen molar-refractivity contribution >= 4 is 35.1 Å². The average Bonchev–Trinajstić information content (AvgIpc) is 2.94. The minimum Gasteiger partial charge on any atom is -0.323 e. The fraction of sp³-hybridized carbons (Fsp3) is 0.250. The first-order valence-corrected chi connectivity index (χ1v) is 9.33. The number of urea groups is 1. The van der Waals surface area contributed by atoms with Crippen molar-refractivity contribution in [3.05, 3.63) is 64.7 Å². The number of amides is 4. The van der Waals surface area contributed by atoms with Gasteiger partial charge >= 0.3 is 12.2 Å². The third-order valence-electron chi connectivity index (χ3n) is 4.86. The van der Waals surface area contributed by atoms with Gasteiger partial charge in [0.2, 0.25) is 5.91 Å². The van der Waals surface area contributed by atoms with Gasteiger partial charge in [-0.2, -0.15) is 13.2 Å². The number of para-hydroxylation sites is 1. The standard InChI is InChI=1S/C20H17ClF3N3O3/c1-2-19(12-7-4-3-5-8-12)17(29)27(18(30)26-19)11-15(28)25-16-13(20(22,23)24)9-6-10-14(16)21/h3-10H,2,11H2,1H3,(H,25,28)(H,26,30). The Balaban J connectivity index is 1.84. The van der Waals surface area contributed by atoms with Crippen LogP contribution in [0.25, 0.3) is 0 Å². The van der Waals surface area contributed by atoms with E-state index in [9.17, 15) is 27.6 Å². The normalized spacial score (nSPS) is 19.0. The summed E-state index contributed by atoms with van der Waals surface area (Å²) in [5.41, 5.74) is -2.57. The lowest BCUT2D eigenvalue weighted by atomic mass is 9.87. The number of nitrogens with one attached hydrogen (secondary N) is 2. The Bertz CT molecular complexity index is 998. The molecule has 0 bridgehead atoms. The first-order valence-electron chi connectivity index (χ1n) is 8.95. The highest BCUT2D eigenvalue weighted by Gasteiger charge is 2.51. The van der Waals surface area contributed by atoms with Crippen LogP contribution in [0.4, 0.5) is 23.7 Å². The maximum Gasteiger partial charge on any atom is 0.418 e. The molecule has 2 N–H and O–H groups in total. The molecule has 158 valence electrons. The van der Waals surface area contributed by atoms with Gasteiger partial charge in [0.05, 0.1) is 16.3 Å². The molecule has 1 unspecified atom stereocenters. The molecule has 0 aliphatic carbocycles. The van der Waals surface area contributed by atoms with E-state index in [0.717, 1.165) is 12.1 Å². The van der Waals surface area contributed by atoms with Crippen molar-refractivity contribution in [1.29, 1.82) is 0 Å². The molecule has 0 spiro atoms. The van der Waals surface area contributed by atoms with E-state index < -0.39 is 47.4 Å². The molecule has 1 saturated heterocycles. The highest BCUT2D eigenvalue weighted by atomic mass is 35.5. The number of imide groups is 1. The first-order chi connectivity index (χ1) is 14.1. The predicted molar refractivity (Wildman–Crippen MR) is 104 cm³/mol. The monoisotopic (exact) mass is 439 g/mol. The summed E-state index contributed by atoms with van der Waals surface area (Å²) in [6.45, 7) is 0.940. The second-order valence-electron chi connectivity index (χ2n) is 6.65. The van der Waals surface area contributed by atoms with Gasteiger partial charge in [0.25, 0.3) is 5.91 Å². The minimum atomic E-state index is -4.75. The van der Waals surface area contributed by atoms with Crippen LogP contribution in [0.15, 0.2) is 48.5 Å². The van der Waals surface area contributed by atoms with Gasteiger partial charge in [0.15, 0.2) is 0 Å². The van der Waals surface area contributed by atoms with E-state index >= 15 is 0 Å². The summed E-state index contributed by atoms with van der Waals surface area (Å²) in [5, 5.41) is 4.36. The predicted octanol–water partition coefficient (Wildman–Crippen LogP) is 4.15. The molecule has 6 nitrogen and oxygen atoms in total. The summed E-state index contributed by atoms with van der Waals surface area (Å²) in [6, 6.07) is 10.8. The molecule has 3 rings (SSSR count). The van der Waals surface area contributed by atoms with E-state index in [4.69, 9.17) is 11.6 Å². The Morgan fingerprint density at radius 2 is 1.80 bits per heavy atom. The third-order valence-corrected chi connectivity index (χ3v) is 5.17. The van der Waals surface area contributed by atoms with Crippen molar-refractivity contribution < 1.29 is 27.6 Å². The fourth-order valence-electron chi connectivity index (χ4n) is 3.34. The third kappa shape index (κ3) is 3.85. The van der Waals surface area contributed by atoms with Gasteiger partial charge in [0.1, 0.15) is 12.1 Å². The van der Waals surface area contributed by atoms with E-state index in [1.54, 1.807) is 37.3 Å². The van der Waals surface area contributed by atoms with Crippen LogP contribution in [-0.2, 0) is 21.3 Å². The van der Waals surface area contributed by atoms with Crippen LogP contribution in [0.5, 0.6) is 0 Å². The summed E-state index contributed by atoms with van der Waals surface area (Å²) in [5.74, 6) is -1.65. The average molecular weight is 440 g/mol. The van der Waals surface area contributed by atoms with Crippen molar-refractivity contribution in [1.82, 2.24) is 10.2 Å². The number of hydrogen-bond acceptors (Lipinski definition) is 3. The number of alkyl halides is 3. The van der Waals surface area contributed by atoms with E-state index in [1.807, 2.05) is 0 Å². The molecule has 2 aromatic rings. The van der Waals surface area contributed by atoms with Crippen LogP contribution >= 0.6 is 11.6 Å². The van der Waals surface area contributed by atoms with Crippen molar-refractivity contribution in [3.8, 4) is 0 Å². The topological polar surface area (TPSA) is 78.5 Å². The number of nitrogens with zero attached hydrogens (tertiary/aromatic N) is 1. The zero-order valence-corrected chi connectivity index (χ0v) is 16.5. The number of anilines is 1. The molecule has 1 heterocycles. The Hall–Kier alpha value is -3.07. The highest BCUT2D eigenvalue weighted by molar-refractivity contribution is 6.34. The largest absolute Gasteiger partial charge is 0.418 e. The fourth-order valence-corrected chi connectivity index (χ4v) is 3.56. The lowest BCUT2D eigenvalue weighted by Gasteiger charge is -2.25. The van der Waals surface area contributed by atoms with Gasteiger partial charge in [-0.25, -0.2) is 4.79 Å². The zero-order chi connectivity index (χ0) is 22.1. The maximum absolute atomic E-state index is 13.2. The van der Waals surface area contributed by atoms with Crippen LogP contribution in [-0.4, -0.2) is 29.3 Å². The Morgan fingerprint density at radius 1 is 1.13 bits per heavy atom. The Kier molecular flexibility index (Phi) is 5.76.